The highest BCUT2D eigenvalue weighted by Crippen LogP contribution is 2.14. The first-order valence-electron chi connectivity index (χ1n) is 27.8. The summed E-state index contributed by atoms with van der Waals surface area (Å²) in [6.45, 7) is 7.58. The molecule has 0 rings (SSSR count). The van der Waals surface area contributed by atoms with Crippen LogP contribution in [0, 0.1) is 0 Å². The number of carbonyl (C=O) groups is 2. The molecule has 5 nitrogen and oxygen atoms in total. The molecule has 0 aliphatic rings. The molecule has 0 aliphatic carbocycles. The molecule has 1 unspecified atom stereocenters. The van der Waals surface area contributed by atoms with Gasteiger partial charge < -0.3 is 14.2 Å². The summed E-state index contributed by atoms with van der Waals surface area (Å²) in [6.07, 6.45) is 75.6. The normalized spacial score (nSPS) is 13.0. The highest BCUT2D eigenvalue weighted by Gasteiger charge is 2.17. The first-order valence-corrected chi connectivity index (χ1v) is 27.8. The molecule has 0 aromatic heterocycles. The molecule has 0 bridgehead atoms. The van der Waals surface area contributed by atoms with Crippen molar-refractivity contribution in [2.75, 3.05) is 19.8 Å². The fourth-order valence-electron chi connectivity index (χ4n) is 7.45. The van der Waals surface area contributed by atoms with Gasteiger partial charge in [0, 0.05) is 19.4 Å². The molecule has 0 saturated heterocycles. The number of esters is 2. The molecular weight excluding hydrogens is 813 g/mol. The molecule has 0 radical (unpaired) electrons. The Morgan fingerprint density at radius 2 is 0.712 bits per heavy atom. The number of hydrogen-bond acceptors (Lipinski definition) is 5. The molecule has 378 valence electrons. The number of rotatable bonds is 50. The van der Waals surface area contributed by atoms with Gasteiger partial charge in [-0.2, -0.15) is 0 Å². The zero-order chi connectivity index (χ0) is 47.7. The van der Waals surface area contributed by atoms with Crippen molar-refractivity contribution in [2.24, 2.45) is 0 Å². The predicted octanol–water partition coefficient (Wildman–Crippen LogP) is 19.0. The summed E-state index contributed by atoms with van der Waals surface area (Å²) in [7, 11) is 0. The summed E-state index contributed by atoms with van der Waals surface area (Å²) in [4.78, 5) is 25.5. The smallest absolute Gasteiger partial charge is 0.306 e. The summed E-state index contributed by atoms with van der Waals surface area (Å²) in [6, 6.07) is 0. The van der Waals surface area contributed by atoms with Crippen LogP contribution >= 0.6 is 0 Å². The van der Waals surface area contributed by atoms with Crippen molar-refractivity contribution in [1.29, 1.82) is 0 Å². The van der Waals surface area contributed by atoms with E-state index in [1.54, 1.807) is 0 Å². The quantitative estimate of drug-likeness (QED) is 0.0346. The SMILES string of the molecule is CC/C=C\C/C=C\C/C=C\C/C=C\CCCCCCCOCC(COC(=O)CCCCCCCCCCC/C=C\C/C=C\CCCCC)OC(=O)CCCCCCC/C=C\C/C=C\CCC. The molecule has 0 saturated carbocycles. The number of allylic oxidation sites excluding steroid dienone is 16. The van der Waals surface area contributed by atoms with Gasteiger partial charge in [-0.15, -0.1) is 0 Å². The van der Waals surface area contributed by atoms with Crippen LogP contribution in [0.5, 0.6) is 0 Å². The second-order valence-electron chi connectivity index (χ2n) is 18.1. The minimum atomic E-state index is -0.561. The molecule has 0 fully saturated rings. The van der Waals surface area contributed by atoms with Gasteiger partial charge in [0.2, 0.25) is 0 Å². The van der Waals surface area contributed by atoms with Gasteiger partial charge in [-0.25, -0.2) is 0 Å². The lowest BCUT2D eigenvalue weighted by molar-refractivity contribution is -0.163. The van der Waals surface area contributed by atoms with E-state index < -0.39 is 6.10 Å². The summed E-state index contributed by atoms with van der Waals surface area (Å²) in [5.74, 6) is -0.429. The molecule has 1 atom stereocenters. The van der Waals surface area contributed by atoms with Crippen LogP contribution in [0.25, 0.3) is 0 Å². The van der Waals surface area contributed by atoms with Gasteiger partial charge in [0.15, 0.2) is 6.10 Å². The van der Waals surface area contributed by atoms with Crippen molar-refractivity contribution < 1.29 is 23.8 Å². The maximum absolute atomic E-state index is 12.8. The van der Waals surface area contributed by atoms with Gasteiger partial charge in [-0.05, 0) is 116 Å². The maximum atomic E-state index is 12.8. The summed E-state index contributed by atoms with van der Waals surface area (Å²) in [5, 5.41) is 0. The average molecular weight is 917 g/mol. The Bertz CT molecular complexity index is 1270. The van der Waals surface area contributed by atoms with E-state index in [2.05, 4.69) is 118 Å². The van der Waals surface area contributed by atoms with Gasteiger partial charge in [0.05, 0.1) is 6.61 Å². The van der Waals surface area contributed by atoms with Crippen LogP contribution in [0.3, 0.4) is 0 Å². The van der Waals surface area contributed by atoms with E-state index in [1.165, 1.54) is 109 Å². The fraction of sp³-hybridized carbons (Fsp3) is 0.705. The Morgan fingerprint density at radius 1 is 0.348 bits per heavy atom. The van der Waals surface area contributed by atoms with E-state index in [4.69, 9.17) is 14.2 Å². The van der Waals surface area contributed by atoms with Crippen molar-refractivity contribution in [2.45, 2.75) is 258 Å². The summed E-state index contributed by atoms with van der Waals surface area (Å²) in [5.41, 5.74) is 0. The third kappa shape index (κ3) is 53.4. The van der Waals surface area contributed by atoms with E-state index in [9.17, 15) is 9.59 Å². The Labute approximate surface area is 409 Å². The summed E-state index contributed by atoms with van der Waals surface area (Å²) >= 11 is 0. The predicted molar refractivity (Wildman–Crippen MR) is 288 cm³/mol. The largest absolute Gasteiger partial charge is 0.462 e. The van der Waals surface area contributed by atoms with Gasteiger partial charge in [0.25, 0.3) is 0 Å². The van der Waals surface area contributed by atoms with Crippen LogP contribution in [-0.4, -0.2) is 37.9 Å². The van der Waals surface area contributed by atoms with Crippen LogP contribution in [0.2, 0.25) is 0 Å². The molecule has 0 heterocycles. The van der Waals surface area contributed by atoms with Crippen molar-refractivity contribution in [3.8, 4) is 0 Å². The Kier molecular flexibility index (Phi) is 53.4. The van der Waals surface area contributed by atoms with Crippen molar-refractivity contribution in [1.82, 2.24) is 0 Å². The lowest BCUT2D eigenvalue weighted by Gasteiger charge is -2.18. The fourth-order valence-corrected chi connectivity index (χ4v) is 7.45. The Hall–Kier alpha value is -3.18. The highest BCUT2D eigenvalue weighted by atomic mass is 16.6. The van der Waals surface area contributed by atoms with Gasteiger partial charge in [-0.1, -0.05) is 221 Å². The number of carbonyl (C=O) groups excluding carboxylic acids is 2. The second kappa shape index (κ2) is 56.1. The minimum absolute atomic E-state index is 0.0652. The number of unbranched alkanes of at least 4 members (excludes halogenated alkanes) is 23. The zero-order valence-electron chi connectivity index (χ0n) is 43.4. The molecule has 0 amide bonds. The van der Waals surface area contributed by atoms with E-state index in [-0.39, 0.29) is 25.2 Å². The average Bonchev–Trinajstić information content (AvgIpc) is 3.32. The highest BCUT2D eigenvalue weighted by molar-refractivity contribution is 5.70. The first-order chi connectivity index (χ1) is 32.6. The van der Waals surface area contributed by atoms with Crippen LogP contribution in [-0.2, 0) is 23.8 Å². The van der Waals surface area contributed by atoms with Gasteiger partial charge in [-0.3, -0.25) is 9.59 Å². The third-order valence-electron chi connectivity index (χ3n) is 11.6. The molecular formula is C61H104O5. The van der Waals surface area contributed by atoms with Crippen molar-refractivity contribution >= 4 is 11.9 Å². The molecule has 0 spiro atoms. The minimum Gasteiger partial charge on any atom is -0.462 e. The lowest BCUT2D eigenvalue weighted by Crippen LogP contribution is -2.30. The molecule has 0 N–H and O–H groups in total. The van der Waals surface area contributed by atoms with Crippen molar-refractivity contribution in [3.63, 3.8) is 0 Å². The standard InChI is InChI=1S/C61H104O5/c1-4-7-10-13-16-19-22-25-27-29-31-32-34-37-39-42-45-48-51-54-60(62)65-58-59(66-61(63)55-52-49-46-43-40-36-24-21-18-15-12-9-6-3)57-64-56-53-50-47-44-41-38-35-33-30-28-26-23-20-17-14-11-8-5-2/h8,11-12,15-17,19-21,24-28,33,35,59H,4-7,9-10,13-14,18,22-23,29-32,34,36-58H2,1-3H3/b11-8-,15-12-,19-16-,20-17-,24-21-,27-25-,28-26-,35-33-. The van der Waals surface area contributed by atoms with E-state index in [1.807, 2.05) is 0 Å². The van der Waals surface area contributed by atoms with E-state index >= 15 is 0 Å². The molecule has 0 aromatic rings. The van der Waals surface area contributed by atoms with Crippen LogP contribution in [0.1, 0.15) is 252 Å². The van der Waals surface area contributed by atoms with Gasteiger partial charge >= 0.3 is 11.9 Å². The van der Waals surface area contributed by atoms with E-state index in [0.717, 1.165) is 109 Å². The Morgan fingerprint density at radius 3 is 1.15 bits per heavy atom. The second-order valence-corrected chi connectivity index (χ2v) is 18.1. The lowest BCUT2D eigenvalue weighted by atomic mass is 10.1. The van der Waals surface area contributed by atoms with Crippen LogP contribution in [0.4, 0.5) is 0 Å². The maximum Gasteiger partial charge on any atom is 0.306 e. The van der Waals surface area contributed by atoms with Gasteiger partial charge in [0.1, 0.15) is 6.61 Å². The third-order valence-corrected chi connectivity index (χ3v) is 11.6. The molecule has 0 aromatic carbocycles. The first kappa shape index (κ1) is 62.8. The molecule has 5 heteroatoms. The van der Waals surface area contributed by atoms with Crippen LogP contribution in [0.15, 0.2) is 97.2 Å². The molecule has 66 heavy (non-hydrogen) atoms. The van der Waals surface area contributed by atoms with Crippen molar-refractivity contribution in [3.05, 3.63) is 97.2 Å². The van der Waals surface area contributed by atoms with Crippen LogP contribution < -0.4 is 0 Å². The number of ether oxygens (including phenoxy) is 3. The molecule has 0 aliphatic heterocycles. The monoisotopic (exact) mass is 917 g/mol. The van der Waals surface area contributed by atoms with E-state index in [0.29, 0.717) is 19.4 Å². The topological polar surface area (TPSA) is 61.8 Å². The summed E-state index contributed by atoms with van der Waals surface area (Å²) < 4.78 is 17.4. The zero-order valence-corrected chi connectivity index (χ0v) is 43.4. The Balaban J connectivity index is 4.31. The number of hydrogen-bond donors (Lipinski definition) is 0.